The van der Waals surface area contributed by atoms with Gasteiger partial charge in [-0.1, -0.05) is 18.2 Å². The largest absolute Gasteiger partial charge is 0.465 e. The summed E-state index contributed by atoms with van der Waals surface area (Å²) in [4.78, 5) is 35.9. The number of anilines is 2. The van der Waals surface area contributed by atoms with Crippen molar-refractivity contribution < 1.29 is 19.1 Å². The lowest BCUT2D eigenvalue weighted by Crippen LogP contribution is -2.13. The van der Waals surface area contributed by atoms with E-state index in [1.54, 1.807) is 72.8 Å². The number of nitrogens with one attached hydrogen (secondary N) is 2. The second-order valence-electron chi connectivity index (χ2n) is 5.92. The first-order valence-corrected chi connectivity index (χ1v) is 8.53. The van der Waals surface area contributed by atoms with E-state index < -0.39 is 5.97 Å². The molecule has 3 rings (SSSR count). The van der Waals surface area contributed by atoms with Crippen LogP contribution in [0.4, 0.5) is 11.4 Å². The first kappa shape index (κ1) is 18.8. The van der Waals surface area contributed by atoms with Crippen molar-refractivity contribution in [2.45, 2.75) is 0 Å². The number of hydrogen-bond acceptors (Lipinski definition) is 4. The molecule has 6 heteroatoms. The second kappa shape index (κ2) is 8.64. The number of benzene rings is 3. The van der Waals surface area contributed by atoms with Crippen LogP contribution in [0.2, 0.25) is 0 Å². The predicted octanol–water partition coefficient (Wildman–Crippen LogP) is 3.98. The molecule has 2 N–H and O–H groups in total. The van der Waals surface area contributed by atoms with Crippen LogP contribution in [0.3, 0.4) is 0 Å². The highest BCUT2D eigenvalue weighted by molar-refractivity contribution is 6.06. The van der Waals surface area contributed by atoms with E-state index in [0.29, 0.717) is 28.1 Å². The molecular formula is C22H18N2O4. The summed E-state index contributed by atoms with van der Waals surface area (Å²) in [6.07, 6.45) is 0. The average molecular weight is 374 g/mol. The Morgan fingerprint density at radius 1 is 0.607 bits per heavy atom. The predicted molar refractivity (Wildman–Crippen MR) is 107 cm³/mol. The smallest absolute Gasteiger partial charge is 0.337 e. The average Bonchev–Trinajstić information content (AvgIpc) is 2.74. The molecule has 0 saturated carbocycles. The molecule has 0 radical (unpaired) electrons. The number of amides is 2. The Morgan fingerprint density at radius 2 is 1.04 bits per heavy atom. The number of methoxy groups -OCH3 is 1. The third-order valence-corrected chi connectivity index (χ3v) is 4.00. The molecule has 0 aromatic heterocycles. The second-order valence-corrected chi connectivity index (χ2v) is 5.92. The molecule has 0 spiro atoms. The van der Waals surface area contributed by atoms with E-state index in [0.717, 1.165) is 0 Å². The topological polar surface area (TPSA) is 84.5 Å². The van der Waals surface area contributed by atoms with Crippen LogP contribution in [-0.4, -0.2) is 24.9 Å². The van der Waals surface area contributed by atoms with E-state index in [1.807, 2.05) is 6.07 Å². The summed E-state index contributed by atoms with van der Waals surface area (Å²) in [6.45, 7) is 0. The van der Waals surface area contributed by atoms with Gasteiger partial charge < -0.3 is 15.4 Å². The van der Waals surface area contributed by atoms with Gasteiger partial charge in [-0.2, -0.15) is 0 Å². The summed E-state index contributed by atoms with van der Waals surface area (Å²) in [7, 11) is 1.31. The standard InChI is InChI=1S/C22H18N2O4/c1-28-22(27)17-9-13-19(14-10-17)24-21(26)16-7-11-18(12-8-16)23-20(25)15-5-3-2-4-6-15/h2-14H,1H3,(H,23,25)(H,24,26). The minimum atomic E-state index is -0.439. The fourth-order valence-corrected chi connectivity index (χ4v) is 2.51. The van der Waals surface area contributed by atoms with Crippen LogP contribution in [0, 0.1) is 0 Å². The van der Waals surface area contributed by atoms with Gasteiger partial charge in [0.25, 0.3) is 11.8 Å². The van der Waals surface area contributed by atoms with E-state index in [1.165, 1.54) is 7.11 Å². The van der Waals surface area contributed by atoms with Crippen LogP contribution in [-0.2, 0) is 4.74 Å². The van der Waals surface area contributed by atoms with E-state index in [9.17, 15) is 14.4 Å². The number of carbonyl (C=O) groups is 3. The minimum Gasteiger partial charge on any atom is -0.465 e. The highest BCUT2D eigenvalue weighted by atomic mass is 16.5. The third-order valence-electron chi connectivity index (χ3n) is 4.00. The number of esters is 1. The Bertz CT molecular complexity index is 981. The van der Waals surface area contributed by atoms with Crippen molar-refractivity contribution in [2.24, 2.45) is 0 Å². The molecular weight excluding hydrogens is 356 g/mol. The zero-order chi connectivity index (χ0) is 19.9. The van der Waals surface area contributed by atoms with Gasteiger partial charge in [-0.05, 0) is 60.7 Å². The Morgan fingerprint density at radius 3 is 1.50 bits per heavy atom. The molecule has 0 aliphatic heterocycles. The maximum atomic E-state index is 12.4. The first-order valence-electron chi connectivity index (χ1n) is 8.53. The summed E-state index contributed by atoms with van der Waals surface area (Å²) in [5.74, 6) is -0.957. The van der Waals surface area contributed by atoms with Crippen LogP contribution >= 0.6 is 0 Å². The van der Waals surface area contributed by atoms with Crippen molar-refractivity contribution in [3.05, 3.63) is 95.6 Å². The van der Waals surface area contributed by atoms with Crippen LogP contribution in [0.1, 0.15) is 31.1 Å². The van der Waals surface area contributed by atoms with Crippen molar-refractivity contribution in [3.63, 3.8) is 0 Å². The van der Waals surface area contributed by atoms with Crippen molar-refractivity contribution in [1.82, 2.24) is 0 Å². The van der Waals surface area contributed by atoms with Crippen molar-refractivity contribution >= 4 is 29.2 Å². The molecule has 0 heterocycles. The van der Waals surface area contributed by atoms with Crippen LogP contribution in [0.25, 0.3) is 0 Å². The molecule has 28 heavy (non-hydrogen) atoms. The molecule has 0 aliphatic rings. The molecule has 140 valence electrons. The molecule has 3 aromatic rings. The first-order chi connectivity index (χ1) is 13.6. The molecule has 0 fully saturated rings. The Balaban J connectivity index is 1.62. The van der Waals surface area contributed by atoms with E-state index in [4.69, 9.17) is 0 Å². The van der Waals surface area contributed by atoms with Gasteiger partial charge in [-0.15, -0.1) is 0 Å². The Labute approximate surface area is 162 Å². The van der Waals surface area contributed by atoms with Gasteiger partial charge in [-0.25, -0.2) is 4.79 Å². The molecule has 6 nitrogen and oxygen atoms in total. The van der Waals surface area contributed by atoms with Gasteiger partial charge in [0.05, 0.1) is 12.7 Å². The van der Waals surface area contributed by atoms with E-state index >= 15 is 0 Å². The van der Waals surface area contributed by atoms with Crippen LogP contribution in [0.15, 0.2) is 78.9 Å². The van der Waals surface area contributed by atoms with Crippen molar-refractivity contribution in [2.75, 3.05) is 17.7 Å². The molecule has 0 saturated heterocycles. The fraction of sp³-hybridized carbons (Fsp3) is 0.0455. The van der Waals surface area contributed by atoms with Crippen LogP contribution in [0.5, 0.6) is 0 Å². The highest BCUT2D eigenvalue weighted by Gasteiger charge is 2.09. The molecule has 0 atom stereocenters. The van der Waals surface area contributed by atoms with Gasteiger partial charge >= 0.3 is 5.97 Å². The Kier molecular flexibility index (Phi) is 5.81. The summed E-state index contributed by atoms with van der Waals surface area (Å²) in [5.41, 5.74) is 2.54. The molecule has 2 amide bonds. The lowest BCUT2D eigenvalue weighted by Gasteiger charge is -2.08. The zero-order valence-corrected chi connectivity index (χ0v) is 15.1. The highest BCUT2D eigenvalue weighted by Crippen LogP contribution is 2.15. The number of ether oxygens (including phenoxy) is 1. The number of rotatable bonds is 5. The lowest BCUT2D eigenvalue weighted by atomic mass is 10.1. The van der Waals surface area contributed by atoms with Gasteiger partial charge in [0.1, 0.15) is 0 Å². The zero-order valence-electron chi connectivity index (χ0n) is 15.1. The van der Waals surface area contributed by atoms with E-state index in [2.05, 4.69) is 15.4 Å². The summed E-state index contributed by atoms with van der Waals surface area (Å²) < 4.78 is 4.64. The minimum absolute atomic E-state index is 0.219. The van der Waals surface area contributed by atoms with Gasteiger partial charge in [0.15, 0.2) is 0 Å². The fourth-order valence-electron chi connectivity index (χ4n) is 2.51. The lowest BCUT2D eigenvalue weighted by molar-refractivity contribution is 0.0600. The van der Waals surface area contributed by atoms with Gasteiger partial charge in [0, 0.05) is 22.5 Å². The molecule has 0 unspecified atom stereocenters. The summed E-state index contributed by atoms with van der Waals surface area (Å²) >= 11 is 0. The van der Waals surface area contributed by atoms with Gasteiger partial charge in [0.2, 0.25) is 0 Å². The summed E-state index contributed by atoms with van der Waals surface area (Å²) in [6, 6.07) is 21.8. The van der Waals surface area contributed by atoms with Gasteiger partial charge in [-0.3, -0.25) is 9.59 Å². The maximum Gasteiger partial charge on any atom is 0.337 e. The number of hydrogen-bond donors (Lipinski definition) is 2. The third kappa shape index (κ3) is 4.62. The normalized spacial score (nSPS) is 10.0. The molecule has 0 bridgehead atoms. The maximum absolute atomic E-state index is 12.4. The SMILES string of the molecule is COC(=O)c1ccc(NC(=O)c2ccc(NC(=O)c3ccccc3)cc2)cc1. The molecule has 3 aromatic carbocycles. The summed E-state index contributed by atoms with van der Waals surface area (Å²) in [5, 5.41) is 5.53. The van der Waals surface area contributed by atoms with Crippen molar-refractivity contribution in [3.8, 4) is 0 Å². The number of carbonyl (C=O) groups excluding carboxylic acids is 3. The van der Waals surface area contributed by atoms with Crippen LogP contribution < -0.4 is 10.6 Å². The quantitative estimate of drug-likeness (QED) is 0.662. The molecule has 0 aliphatic carbocycles. The van der Waals surface area contributed by atoms with E-state index in [-0.39, 0.29) is 11.8 Å². The monoisotopic (exact) mass is 374 g/mol. The Hall–Kier alpha value is -3.93. The van der Waals surface area contributed by atoms with Crippen molar-refractivity contribution in [1.29, 1.82) is 0 Å².